The van der Waals surface area contributed by atoms with Crippen LogP contribution >= 0.6 is 0 Å². The molecule has 7 N–H and O–H groups in total. The standard InChI is InChI=1S/C23H20N8O2.C15H16N2O.C9H8N6O3S/c24-21-28-22(29-23-27-20(30-31(21)23)19-2-1-13-33-19)26-12-7-15-3-5-16(6-4-15)14-18(32)17-8-10-25-11-9-17;16-8-5-12-1-3-13(4-2-12)11-15(18)14-6-9-17-10-7-14;1-19(16,17)9-12-7(10)15-8(13-9)11-6(14-15)5-3-2-4-18-5/h1-6,8-11,13H,7,12,14H2,(H3,24,26,27,28,29,30);1-4,6-7,9-10H,5,8,11,16H2;2-4H,1H3,(H2,10,11,12,13,14). The smallest absolute Gasteiger partial charge is 0.259 e. The first kappa shape index (κ1) is 47.4. The molecule has 8 aromatic heterocycles. The van der Waals surface area contributed by atoms with E-state index in [1.807, 2.05) is 48.5 Å². The highest BCUT2D eigenvalue weighted by atomic mass is 32.2. The number of aromatic nitrogens is 12. The molecule has 23 heteroatoms. The van der Waals surface area contributed by atoms with Gasteiger partial charge in [-0.3, -0.25) is 19.6 Å². The summed E-state index contributed by atoms with van der Waals surface area (Å²) in [5.74, 6) is 2.58. The van der Waals surface area contributed by atoms with E-state index in [-0.39, 0.29) is 35.1 Å². The van der Waals surface area contributed by atoms with Gasteiger partial charge in [0, 0.05) is 61.6 Å². The molecule has 0 aliphatic carbocycles. The second-order valence-corrected chi connectivity index (χ2v) is 17.2. The lowest BCUT2D eigenvalue weighted by atomic mass is 10.0. The zero-order chi connectivity index (χ0) is 49.0. The maximum absolute atomic E-state index is 12.3. The van der Waals surface area contributed by atoms with Gasteiger partial charge in [-0.2, -0.15) is 38.9 Å². The molecule has 0 aliphatic rings. The molecule has 0 fully saturated rings. The van der Waals surface area contributed by atoms with Crippen LogP contribution in [0.5, 0.6) is 0 Å². The predicted octanol–water partition coefficient (Wildman–Crippen LogP) is 4.61. The summed E-state index contributed by atoms with van der Waals surface area (Å²) in [6.45, 7) is 1.25. The maximum atomic E-state index is 12.3. The molecule has 0 spiro atoms. The van der Waals surface area contributed by atoms with E-state index in [2.05, 4.69) is 55.4 Å². The third-order valence-electron chi connectivity index (χ3n) is 10.2. The Bertz CT molecular complexity index is 3440. The first-order chi connectivity index (χ1) is 33.9. The van der Waals surface area contributed by atoms with Gasteiger partial charge in [0.1, 0.15) is 0 Å². The van der Waals surface area contributed by atoms with Crippen molar-refractivity contribution < 1.29 is 26.8 Å². The number of Topliss-reactive ketones (excluding diaryl/α,β-unsaturated/α-hetero) is 2. The van der Waals surface area contributed by atoms with Crippen molar-refractivity contribution in [2.75, 3.05) is 36.1 Å². The van der Waals surface area contributed by atoms with Crippen LogP contribution in [0.25, 0.3) is 34.7 Å². The zero-order valence-electron chi connectivity index (χ0n) is 37.4. The van der Waals surface area contributed by atoms with Gasteiger partial charge < -0.3 is 31.4 Å². The number of nitrogens with two attached hydrogens (primary N) is 3. The molecular weight excluding hydrogens is 917 g/mol. The molecular formula is C47H44N16O6S. The number of rotatable bonds is 15. The largest absolute Gasteiger partial charge is 0.461 e. The molecule has 0 atom stereocenters. The van der Waals surface area contributed by atoms with Crippen molar-refractivity contribution in [2.45, 2.75) is 30.8 Å². The topological polar surface area (TPSA) is 322 Å². The average Bonchev–Trinajstić information content (AvgIpc) is 4.22. The van der Waals surface area contributed by atoms with Crippen molar-refractivity contribution in [1.82, 2.24) is 59.1 Å². The molecule has 0 unspecified atom stereocenters. The molecule has 8 heterocycles. The van der Waals surface area contributed by atoms with Crippen LogP contribution in [0.4, 0.5) is 17.8 Å². The maximum Gasteiger partial charge on any atom is 0.259 e. The van der Waals surface area contributed by atoms with Gasteiger partial charge in [0.2, 0.25) is 39.3 Å². The Morgan fingerprint density at radius 2 is 1.04 bits per heavy atom. The molecule has 354 valence electrons. The predicted molar refractivity (Wildman–Crippen MR) is 257 cm³/mol. The Morgan fingerprint density at radius 3 is 1.50 bits per heavy atom. The Balaban J connectivity index is 0.000000152. The fourth-order valence-corrected chi connectivity index (χ4v) is 7.15. The van der Waals surface area contributed by atoms with E-state index in [1.54, 1.807) is 79.6 Å². The number of nitrogens with zero attached hydrogens (tertiary/aromatic N) is 12. The van der Waals surface area contributed by atoms with Crippen LogP contribution in [0.3, 0.4) is 0 Å². The third-order valence-corrected chi connectivity index (χ3v) is 11.0. The number of ketones is 2. The molecule has 0 bridgehead atoms. The number of nitrogen functional groups attached to an aromatic ring is 2. The number of pyridine rings is 2. The number of benzene rings is 2. The fraction of sp³-hybridized carbons (Fsp3) is 0.149. The number of furan rings is 2. The van der Waals surface area contributed by atoms with Crippen molar-refractivity contribution in [3.05, 3.63) is 168 Å². The quantitative estimate of drug-likeness (QED) is 0.102. The van der Waals surface area contributed by atoms with Crippen molar-refractivity contribution in [1.29, 1.82) is 0 Å². The van der Waals surface area contributed by atoms with Crippen molar-refractivity contribution >= 4 is 50.8 Å². The molecule has 0 aliphatic heterocycles. The van der Waals surface area contributed by atoms with Gasteiger partial charge in [-0.25, -0.2) is 8.42 Å². The molecule has 22 nitrogen and oxygen atoms in total. The average molecular weight is 961 g/mol. The summed E-state index contributed by atoms with van der Waals surface area (Å²) in [5.41, 5.74) is 22.8. The summed E-state index contributed by atoms with van der Waals surface area (Å²) >= 11 is 0. The van der Waals surface area contributed by atoms with Crippen LogP contribution < -0.4 is 22.5 Å². The Hall–Kier alpha value is -9.09. The molecule has 0 radical (unpaired) electrons. The molecule has 10 rings (SSSR count). The lowest BCUT2D eigenvalue weighted by Crippen LogP contribution is -2.12. The molecule has 0 amide bonds. The van der Waals surface area contributed by atoms with Crippen LogP contribution in [0.1, 0.15) is 43.0 Å². The van der Waals surface area contributed by atoms with E-state index in [0.29, 0.717) is 66.1 Å². The van der Waals surface area contributed by atoms with Crippen molar-refractivity contribution in [3.8, 4) is 23.2 Å². The second-order valence-electron chi connectivity index (χ2n) is 15.3. The lowest BCUT2D eigenvalue weighted by molar-refractivity contribution is 0.0984. The van der Waals surface area contributed by atoms with E-state index >= 15 is 0 Å². The van der Waals surface area contributed by atoms with Crippen LogP contribution in [0.2, 0.25) is 0 Å². The van der Waals surface area contributed by atoms with Crippen molar-refractivity contribution in [2.24, 2.45) is 5.73 Å². The summed E-state index contributed by atoms with van der Waals surface area (Å²) in [6.07, 6.45) is 12.9. The van der Waals surface area contributed by atoms with E-state index in [1.165, 1.54) is 16.3 Å². The summed E-state index contributed by atoms with van der Waals surface area (Å²) in [4.78, 5) is 56.7. The summed E-state index contributed by atoms with van der Waals surface area (Å²) in [7, 11) is -3.57. The van der Waals surface area contributed by atoms with Crippen molar-refractivity contribution in [3.63, 3.8) is 0 Å². The normalized spacial score (nSPS) is 11.1. The molecule has 0 saturated carbocycles. The zero-order valence-corrected chi connectivity index (χ0v) is 38.2. The number of carbonyl (C=O) groups excluding carboxylic acids is 2. The Labute approximate surface area is 399 Å². The Kier molecular flexibility index (Phi) is 14.7. The number of hydrogen-bond donors (Lipinski definition) is 4. The number of carbonyl (C=O) groups is 2. The van der Waals surface area contributed by atoms with E-state index in [9.17, 15) is 18.0 Å². The highest BCUT2D eigenvalue weighted by Gasteiger charge is 2.19. The van der Waals surface area contributed by atoms with Gasteiger partial charge >= 0.3 is 0 Å². The number of sulfone groups is 1. The van der Waals surface area contributed by atoms with Crippen LogP contribution in [0, 0.1) is 0 Å². The SMILES string of the molecule is CS(=O)(=O)c1nc(N)n2nc(-c3ccco3)nc2n1.NCCc1ccc(CC(=O)c2ccncc2)cc1.Nc1nc(NCCc2ccc(CC(=O)c3ccncc3)cc2)nc2nc(-c3ccco3)nn12. The number of nitrogens with one attached hydrogen (secondary N) is 1. The highest BCUT2D eigenvalue weighted by molar-refractivity contribution is 7.90. The lowest BCUT2D eigenvalue weighted by Gasteiger charge is -2.07. The molecule has 0 saturated heterocycles. The van der Waals surface area contributed by atoms with Gasteiger partial charge in [0.25, 0.3) is 16.7 Å². The van der Waals surface area contributed by atoms with Gasteiger partial charge in [0.05, 0.1) is 12.5 Å². The second kappa shape index (κ2) is 21.7. The van der Waals surface area contributed by atoms with E-state index in [0.717, 1.165) is 40.3 Å². The summed E-state index contributed by atoms with van der Waals surface area (Å²) < 4.78 is 35.8. The minimum Gasteiger partial charge on any atom is -0.461 e. The Morgan fingerprint density at radius 1 is 0.586 bits per heavy atom. The molecule has 70 heavy (non-hydrogen) atoms. The van der Waals surface area contributed by atoms with Gasteiger partial charge in [-0.15, -0.1) is 10.2 Å². The molecule has 2 aromatic carbocycles. The van der Waals surface area contributed by atoms with Gasteiger partial charge in [-0.05, 0) is 90.2 Å². The number of anilines is 3. The van der Waals surface area contributed by atoms with E-state index < -0.39 is 15.0 Å². The van der Waals surface area contributed by atoms with Gasteiger partial charge in [-0.1, -0.05) is 48.5 Å². The fourth-order valence-electron chi connectivity index (χ4n) is 6.64. The van der Waals surface area contributed by atoms with E-state index in [4.69, 9.17) is 26.0 Å². The van der Waals surface area contributed by atoms with Crippen LogP contribution in [-0.4, -0.2) is 98.4 Å². The summed E-state index contributed by atoms with van der Waals surface area (Å²) in [6, 6.07) is 29.8. The monoisotopic (exact) mass is 960 g/mol. The minimum atomic E-state index is -3.57. The number of hydrogen-bond acceptors (Lipinski definition) is 20. The summed E-state index contributed by atoms with van der Waals surface area (Å²) in [5, 5.41) is 11.1. The first-order valence-corrected chi connectivity index (χ1v) is 23.3. The number of fused-ring (bicyclic) bond motifs is 2. The third kappa shape index (κ3) is 12.1. The van der Waals surface area contributed by atoms with Crippen LogP contribution in [0.15, 0.2) is 148 Å². The minimum absolute atomic E-state index is 0.0410. The highest BCUT2D eigenvalue weighted by Crippen LogP contribution is 2.20. The molecule has 10 aromatic rings. The van der Waals surface area contributed by atoms with Gasteiger partial charge in [0.15, 0.2) is 23.1 Å². The first-order valence-electron chi connectivity index (χ1n) is 21.4. The van der Waals surface area contributed by atoms with Crippen LogP contribution in [-0.2, 0) is 35.5 Å².